The molecular weight excluding hydrogens is 430 g/mol. The van der Waals surface area contributed by atoms with Crippen LogP contribution < -0.4 is 69.3 Å². The Kier molecular flexibility index (Phi) is 19.7. The van der Waals surface area contributed by atoms with Gasteiger partial charge >= 0.3 is 59.1 Å². The normalized spacial score (nSPS) is 15.4. The van der Waals surface area contributed by atoms with E-state index < -0.39 is 32.7 Å². The van der Waals surface area contributed by atoms with E-state index in [1.165, 1.54) is 0 Å². The van der Waals surface area contributed by atoms with E-state index in [2.05, 4.69) is 0 Å². The minimum absolute atomic E-state index is 0. The van der Waals surface area contributed by atoms with Crippen LogP contribution in [0.5, 0.6) is 0 Å². The van der Waals surface area contributed by atoms with Crippen molar-refractivity contribution >= 4 is 22.1 Å². The summed E-state index contributed by atoms with van der Waals surface area (Å²) in [5.41, 5.74) is -1.16. The zero-order chi connectivity index (χ0) is 22.0. The van der Waals surface area contributed by atoms with Crippen molar-refractivity contribution in [2.75, 3.05) is 0 Å². The Hall–Kier alpha value is 0.330. The second-order valence-electron chi connectivity index (χ2n) is 7.11. The number of rotatable bonds is 14. The van der Waals surface area contributed by atoms with Crippen LogP contribution >= 0.6 is 0 Å². The molecule has 0 aromatic rings. The Labute approximate surface area is 225 Å². The summed E-state index contributed by atoms with van der Waals surface area (Å²) >= 11 is 0. The Bertz CT molecular complexity index is 674. The largest absolute Gasteiger partial charge is 1.00 e. The quantitative estimate of drug-likeness (QED) is 0.157. The molecule has 7 nitrogen and oxygen atoms in total. The van der Waals surface area contributed by atoms with Crippen LogP contribution in [0.4, 0.5) is 0 Å². The molecule has 30 heavy (non-hydrogen) atoms. The van der Waals surface area contributed by atoms with Crippen LogP contribution in [0, 0.1) is 5.41 Å². The zero-order valence-corrected chi connectivity index (χ0v) is 24.0. The summed E-state index contributed by atoms with van der Waals surface area (Å²) in [6.45, 7) is 7.26. The molecule has 0 spiro atoms. The average Bonchev–Trinajstić information content (AvgIpc) is 2.59. The van der Waals surface area contributed by atoms with E-state index in [-0.39, 0.29) is 72.0 Å². The molecular formula is C20H32Na2O7S. The van der Waals surface area contributed by atoms with Gasteiger partial charge in [0.1, 0.15) is 5.25 Å². The number of hydrogen-bond acceptors (Lipinski definition) is 6. The molecule has 10 heteroatoms. The molecule has 0 aromatic carbocycles. The van der Waals surface area contributed by atoms with Crippen molar-refractivity contribution in [2.24, 2.45) is 5.41 Å². The molecule has 0 aromatic heterocycles. The summed E-state index contributed by atoms with van der Waals surface area (Å²) < 4.78 is 33.4. The van der Waals surface area contributed by atoms with Gasteiger partial charge in [-0.05, 0) is 52.4 Å². The number of carboxylic acid groups (broad SMARTS) is 2. The van der Waals surface area contributed by atoms with Gasteiger partial charge < -0.3 is 19.8 Å². The molecule has 0 aliphatic heterocycles. The number of unbranched alkanes of at least 4 members (excludes halogenated alkanes) is 2. The van der Waals surface area contributed by atoms with Gasteiger partial charge in [0.2, 0.25) is 0 Å². The van der Waals surface area contributed by atoms with Crippen molar-refractivity contribution in [3.8, 4) is 0 Å². The van der Waals surface area contributed by atoms with E-state index in [0.29, 0.717) is 24.0 Å². The maximum Gasteiger partial charge on any atom is 1.00 e. The summed E-state index contributed by atoms with van der Waals surface area (Å²) in [5, 5.41) is 21.3. The Morgan fingerprint density at radius 1 is 0.933 bits per heavy atom. The second kappa shape index (κ2) is 16.9. The summed E-state index contributed by atoms with van der Waals surface area (Å²) in [6.07, 6.45) is 6.72. The van der Waals surface area contributed by atoms with Crippen LogP contribution in [0.25, 0.3) is 0 Å². The third-order valence-corrected chi connectivity index (χ3v) is 6.26. The first-order valence-electron chi connectivity index (χ1n) is 9.66. The number of hydrogen-bond donors (Lipinski definition) is 1. The molecule has 0 rings (SSSR count). The Morgan fingerprint density at radius 3 is 1.50 bits per heavy atom. The van der Waals surface area contributed by atoms with E-state index in [1.807, 2.05) is 13.8 Å². The van der Waals surface area contributed by atoms with Crippen molar-refractivity contribution in [2.45, 2.75) is 84.3 Å². The fourth-order valence-electron chi connectivity index (χ4n) is 3.42. The van der Waals surface area contributed by atoms with E-state index in [9.17, 15) is 32.8 Å². The van der Waals surface area contributed by atoms with Crippen molar-refractivity contribution in [3.05, 3.63) is 23.3 Å². The first kappa shape index (κ1) is 34.9. The first-order chi connectivity index (χ1) is 13.0. The van der Waals surface area contributed by atoms with Crippen molar-refractivity contribution < 1.29 is 91.9 Å². The van der Waals surface area contributed by atoms with Crippen LogP contribution in [0.3, 0.4) is 0 Å². The van der Waals surface area contributed by atoms with Crippen LogP contribution in [0.15, 0.2) is 23.3 Å². The van der Waals surface area contributed by atoms with Crippen LogP contribution in [-0.2, 0) is 19.7 Å². The van der Waals surface area contributed by atoms with Gasteiger partial charge in [0, 0.05) is 5.41 Å². The molecule has 0 amide bonds. The van der Waals surface area contributed by atoms with Crippen LogP contribution in [-0.4, -0.2) is 30.2 Å². The van der Waals surface area contributed by atoms with Gasteiger partial charge in [-0.2, -0.15) is 8.42 Å². The molecule has 0 saturated heterocycles. The summed E-state index contributed by atoms with van der Waals surface area (Å²) in [5.74, 6) is -3.98. The van der Waals surface area contributed by atoms with E-state index in [1.54, 1.807) is 26.0 Å². The molecule has 0 heterocycles. The molecule has 0 radical (unpaired) electrons. The van der Waals surface area contributed by atoms with Gasteiger partial charge in [-0.15, -0.1) is 0 Å². The number of carbonyl (C=O) groups is 2. The van der Waals surface area contributed by atoms with Crippen molar-refractivity contribution in [1.29, 1.82) is 0 Å². The summed E-state index contributed by atoms with van der Waals surface area (Å²) in [7, 11) is -5.25. The Balaban J connectivity index is -0.00000364. The van der Waals surface area contributed by atoms with Gasteiger partial charge in [0.25, 0.3) is 10.1 Å². The molecule has 0 aliphatic rings. The van der Waals surface area contributed by atoms with Crippen LogP contribution in [0.1, 0.15) is 79.1 Å². The Morgan fingerprint density at radius 2 is 1.30 bits per heavy atom. The topological polar surface area (TPSA) is 135 Å². The van der Waals surface area contributed by atoms with E-state index in [0.717, 1.165) is 25.7 Å². The minimum Gasteiger partial charge on any atom is -0.549 e. The first-order valence-corrected chi connectivity index (χ1v) is 11.2. The van der Waals surface area contributed by atoms with Gasteiger partial charge in [0.05, 0.1) is 11.9 Å². The SMILES string of the molecule is CC=C(CCCC)CC(CC(=CC)CCCC)(C(=O)[O-])C(C(=O)[O-])S(=O)(=O)O.[Na+].[Na+]. The molecule has 0 fully saturated rings. The maximum absolute atomic E-state index is 12.2. The third-order valence-electron chi connectivity index (χ3n) is 5.02. The summed E-state index contributed by atoms with van der Waals surface area (Å²) in [4.78, 5) is 23.9. The second-order valence-corrected chi connectivity index (χ2v) is 8.61. The number of carboxylic acids is 2. The van der Waals surface area contributed by atoms with Crippen molar-refractivity contribution in [3.63, 3.8) is 0 Å². The predicted molar refractivity (Wildman–Crippen MR) is 104 cm³/mol. The standard InChI is InChI=1S/C20H34O7S.2Na/c1-5-9-11-15(7-3)13-20(19(23)24,14-16(8-4)12-10-6-2)17(18(21)22)28(25,26)27;;/h7-8,17H,5-6,9-14H2,1-4H3,(H,21,22)(H,23,24)(H,25,26,27);;/q;2*+1/p-2. The van der Waals surface area contributed by atoms with Crippen molar-refractivity contribution in [1.82, 2.24) is 0 Å². The molecule has 0 bridgehead atoms. The molecule has 162 valence electrons. The molecule has 1 atom stereocenters. The number of aliphatic carboxylic acids is 2. The molecule has 1 unspecified atom stereocenters. The monoisotopic (exact) mass is 462 g/mol. The van der Waals surface area contributed by atoms with Gasteiger partial charge in [0.15, 0.2) is 0 Å². The maximum atomic E-state index is 12.2. The summed E-state index contributed by atoms with van der Waals surface area (Å²) in [6, 6.07) is 0. The molecule has 0 aliphatic carbocycles. The zero-order valence-electron chi connectivity index (χ0n) is 19.2. The number of allylic oxidation sites excluding steroid dienone is 4. The van der Waals surface area contributed by atoms with Gasteiger partial charge in [-0.25, -0.2) is 0 Å². The fraction of sp³-hybridized carbons (Fsp3) is 0.700. The third kappa shape index (κ3) is 10.8. The predicted octanol–water partition coefficient (Wildman–Crippen LogP) is -4.21. The number of carbonyl (C=O) groups excluding carboxylic acids is 2. The van der Waals surface area contributed by atoms with Crippen LogP contribution in [0.2, 0.25) is 0 Å². The van der Waals surface area contributed by atoms with Gasteiger partial charge in [-0.1, -0.05) is 50.0 Å². The molecule has 1 N–H and O–H groups in total. The van der Waals surface area contributed by atoms with E-state index >= 15 is 0 Å². The fourth-order valence-corrected chi connectivity index (χ4v) is 4.50. The van der Waals surface area contributed by atoms with E-state index in [4.69, 9.17) is 0 Å². The average molecular weight is 463 g/mol. The minimum atomic E-state index is -5.25. The smallest absolute Gasteiger partial charge is 0.549 e. The van der Waals surface area contributed by atoms with Gasteiger partial charge in [-0.3, -0.25) is 4.55 Å². The molecule has 0 saturated carbocycles.